The number of aryl methyl sites for hydroxylation is 2. The Kier molecular flexibility index (Phi) is 5.09. The van der Waals surface area contributed by atoms with Crippen LogP contribution in [0, 0.1) is 19.7 Å². The highest BCUT2D eigenvalue weighted by Gasteiger charge is 2.21. The lowest BCUT2D eigenvalue weighted by atomic mass is 10.2. The average Bonchev–Trinajstić information content (AvgIpc) is 3.02. The van der Waals surface area contributed by atoms with Crippen molar-refractivity contribution in [2.24, 2.45) is 0 Å². The Morgan fingerprint density at radius 2 is 1.70 bits per heavy atom. The molecule has 2 heterocycles. The molecule has 0 aliphatic heterocycles. The number of anilines is 1. The molecule has 0 aliphatic rings. The first-order valence-electron chi connectivity index (χ1n) is 9.23. The minimum Gasteiger partial charge on any atom is -0.325 e. The van der Waals surface area contributed by atoms with Crippen LogP contribution in [-0.4, -0.2) is 15.0 Å². The van der Waals surface area contributed by atoms with E-state index in [-0.39, 0.29) is 6.54 Å². The largest absolute Gasteiger partial charge is 0.337 e. The van der Waals surface area contributed by atoms with Crippen molar-refractivity contribution in [3.8, 4) is 5.69 Å². The van der Waals surface area contributed by atoms with Crippen LogP contribution in [0.15, 0.2) is 64.2 Å². The van der Waals surface area contributed by atoms with Gasteiger partial charge in [0.05, 0.1) is 11.1 Å². The zero-order chi connectivity index (χ0) is 21.4. The number of hydrogen-bond acceptors (Lipinski definition) is 4. The number of fused-ring (bicyclic) bond motifs is 1. The van der Waals surface area contributed by atoms with Crippen LogP contribution in [0.4, 0.5) is 10.1 Å². The molecule has 0 bridgehead atoms. The van der Waals surface area contributed by atoms with E-state index in [4.69, 9.17) is 0 Å². The number of amides is 1. The van der Waals surface area contributed by atoms with Gasteiger partial charge in [0.1, 0.15) is 17.2 Å². The first-order valence-corrected chi connectivity index (χ1v) is 10.0. The van der Waals surface area contributed by atoms with Gasteiger partial charge in [0.2, 0.25) is 5.91 Å². The Balaban J connectivity index is 1.85. The quantitative estimate of drug-likeness (QED) is 0.545. The minimum atomic E-state index is -0.589. The smallest absolute Gasteiger partial charge is 0.325 e. The fraction of sp³-hybridized carbons (Fsp3) is 0.136. The standard InChI is InChI=1S/C22H18FN3O3S/c1-13-14(2)30-21-19(13)20(28)26(17-6-4-3-5-7-17)22(29)25(21)12-18(27)24-16-10-8-15(23)9-11-16/h3-11H,12H2,1-2H3,(H,24,27). The molecule has 6 nitrogen and oxygen atoms in total. The van der Waals surface area contributed by atoms with Gasteiger partial charge in [0, 0.05) is 10.6 Å². The van der Waals surface area contributed by atoms with Crippen molar-refractivity contribution < 1.29 is 9.18 Å². The third kappa shape index (κ3) is 3.46. The number of rotatable bonds is 4. The topological polar surface area (TPSA) is 73.1 Å². The van der Waals surface area contributed by atoms with Gasteiger partial charge in [0.25, 0.3) is 5.56 Å². The molecule has 152 valence electrons. The molecule has 0 fully saturated rings. The first-order chi connectivity index (χ1) is 14.4. The van der Waals surface area contributed by atoms with Gasteiger partial charge in [-0.1, -0.05) is 18.2 Å². The molecule has 8 heteroatoms. The molecule has 0 unspecified atom stereocenters. The first kappa shape index (κ1) is 19.8. The molecule has 0 saturated heterocycles. The van der Waals surface area contributed by atoms with Gasteiger partial charge in [0.15, 0.2) is 0 Å². The highest BCUT2D eigenvalue weighted by atomic mass is 32.1. The molecular formula is C22H18FN3O3S. The third-order valence-electron chi connectivity index (χ3n) is 4.90. The molecule has 30 heavy (non-hydrogen) atoms. The molecule has 0 spiro atoms. The number of hydrogen-bond donors (Lipinski definition) is 1. The lowest BCUT2D eigenvalue weighted by molar-refractivity contribution is -0.116. The zero-order valence-corrected chi connectivity index (χ0v) is 17.1. The summed E-state index contributed by atoms with van der Waals surface area (Å²) in [6.45, 7) is 3.43. The van der Waals surface area contributed by atoms with E-state index in [1.54, 1.807) is 30.3 Å². The molecule has 2 aromatic carbocycles. The van der Waals surface area contributed by atoms with E-state index in [9.17, 15) is 18.8 Å². The van der Waals surface area contributed by atoms with Crippen LogP contribution in [0.1, 0.15) is 10.4 Å². The summed E-state index contributed by atoms with van der Waals surface area (Å²) in [7, 11) is 0. The third-order valence-corrected chi connectivity index (χ3v) is 6.13. The van der Waals surface area contributed by atoms with Crippen LogP contribution in [0.5, 0.6) is 0 Å². The molecule has 4 rings (SSSR count). The van der Waals surface area contributed by atoms with Crippen molar-refractivity contribution in [2.75, 3.05) is 5.32 Å². The van der Waals surface area contributed by atoms with E-state index in [2.05, 4.69) is 5.32 Å². The SMILES string of the molecule is Cc1sc2c(c1C)c(=O)n(-c1ccccc1)c(=O)n2CC(=O)Nc1ccc(F)cc1. The van der Waals surface area contributed by atoms with Crippen LogP contribution < -0.4 is 16.6 Å². The summed E-state index contributed by atoms with van der Waals surface area (Å²) in [6.07, 6.45) is 0. The predicted molar refractivity (Wildman–Crippen MR) is 116 cm³/mol. The molecule has 0 aliphatic carbocycles. The Morgan fingerprint density at radius 3 is 2.37 bits per heavy atom. The van der Waals surface area contributed by atoms with Gasteiger partial charge in [-0.3, -0.25) is 14.2 Å². The molecule has 2 aromatic heterocycles. The van der Waals surface area contributed by atoms with Crippen LogP contribution in [-0.2, 0) is 11.3 Å². The summed E-state index contributed by atoms with van der Waals surface area (Å²) in [6, 6.07) is 14.0. The fourth-order valence-corrected chi connectivity index (χ4v) is 4.42. The second kappa shape index (κ2) is 7.72. The van der Waals surface area contributed by atoms with Crippen molar-refractivity contribution in [1.29, 1.82) is 0 Å². The van der Waals surface area contributed by atoms with Crippen molar-refractivity contribution in [1.82, 2.24) is 9.13 Å². The maximum absolute atomic E-state index is 13.3. The van der Waals surface area contributed by atoms with E-state index in [0.717, 1.165) is 15.0 Å². The number of para-hydroxylation sites is 1. The van der Waals surface area contributed by atoms with Crippen LogP contribution >= 0.6 is 11.3 Å². The van der Waals surface area contributed by atoms with Crippen LogP contribution in [0.2, 0.25) is 0 Å². The van der Waals surface area contributed by atoms with E-state index in [0.29, 0.717) is 21.6 Å². The van der Waals surface area contributed by atoms with Crippen LogP contribution in [0.3, 0.4) is 0 Å². The van der Waals surface area contributed by atoms with Crippen molar-refractivity contribution in [2.45, 2.75) is 20.4 Å². The molecule has 1 amide bonds. The Morgan fingerprint density at radius 1 is 1.03 bits per heavy atom. The number of carbonyl (C=O) groups excluding carboxylic acids is 1. The summed E-state index contributed by atoms with van der Waals surface area (Å²) in [5.41, 5.74) is 0.649. The summed E-state index contributed by atoms with van der Waals surface area (Å²) in [5.74, 6) is -0.864. The molecule has 1 N–H and O–H groups in total. The molecule has 0 radical (unpaired) electrons. The second-order valence-electron chi connectivity index (χ2n) is 6.86. The maximum Gasteiger partial charge on any atom is 0.337 e. The number of thiophene rings is 1. The molecule has 0 atom stereocenters. The van der Waals surface area contributed by atoms with Gasteiger partial charge in [-0.2, -0.15) is 0 Å². The Labute approximate surface area is 174 Å². The predicted octanol–water partition coefficient (Wildman–Crippen LogP) is 3.61. The highest BCUT2D eigenvalue weighted by Crippen LogP contribution is 2.27. The van der Waals surface area contributed by atoms with E-state index in [1.807, 2.05) is 13.8 Å². The van der Waals surface area contributed by atoms with E-state index >= 15 is 0 Å². The number of benzene rings is 2. The second-order valence-corrected chi connectivity index (χ2v) is 8.07. The monoisotopic (exact) mass is 423 g/mol. The van der Waals surface area contributed by atoms with Gasteiger partial charge < -0.3 is 5.32 Å². The number of halogens is 1. The van der Waals surface area contributed by atoms with Crippen molar-refractivity contribution in [3.63, 3.8) is 0 Å². The number of aromatic nitrogens is 2. The normalized spacial score (nSPS) is 11.0. The highest BCUT2D eigenvalue weighted by molar-refractivity contribution is 7.18. The zero-order valence-electron chi connectivity index (χ0n) is 16.3. The average molecular weight is 423 g/mol. The molecule has 4 aromatic rings. The lowest BCUT2D eigenvalue weighted by Crippen LogP contribution is -2.40. The van der Waals surface area contributed by atoms with Crippen molar-refractivity contribution >= 4 is 33.1 Å². The van der Waals surface area contributed by atoms with E-state index in [1.165, 1.54) is 40.2 Å². The summed E-state index contributed by atoms with van der Waals surface area (Å²) >= 11 is 1.31. The van der Waals surface area contributed by atoms with Crippen LogP contribution in [0.25, 0.3) is 15.9 Å². The minimum absolute atomic E-state index is 0.279. The van der Waals surface area contributed by atoms with E-state index < -0.39 is 23.0 Å². The maximum atomic E-state index is 13.3. The molecular weight excluding hydrogens is 405 g/mol. The fourth-order valence-electron chi connectivity index (χ4n) is 3.28. The summed E-state index contributed by atoms with van der Waals surface area (Å²) in [4.78, 5) is 40.4. The van der Waals surface area contributed by atoms with Gasteiger partial charge in [-0.15, -0.1) is 11.3 Å². The van der Waals surface area contributed by atoms with Gasteiger partial charge >= 0.3 is 5.69 Å². The van der Waals surface area contributed by atoms with Gasteiger partial charge in [-0.25, -0.2) is 13.8 Å². The number of nitrogens with zero attached hydrogens (tertiary/aromatic N) is 2. The summed E-state index contributed by atoms with van der Waals surface area (Å²) < 4.78 is 15.5. The Bertz CT molecular complexity index is 1370. The molecule has 0 saturated carbocycles. The summed E-state index contributed by atoms with van der Waals surface area (Å²) in [5, 5.41) is 3.08. The number of nitrogens with one attached hydrogen (secondary N) is 1. The number of carbonyl (C=O) groups is 1. The lowest BCUT2D eigenvalue weighted by Gasteiger charge is -2.12. The van der Waals surface area contributed by atoms with Crippen molar-refractivity contribution in [3.05, 3.63) is 91.7 Å². The Hall–Kier alpha value is -3.52. The van der Waals surface area contributed by atoms with Gasteiger partial charge in [-0.05, 0) is 55.8 Å².